The maximum atomic E-state index is 10.8. The second kappa shape index (κ2) is 4.47. The Hall–Kier alpha value is -1.01. The van der Waals surface area contributed by atoms with Gasteiger partial charge in [-0.1, -0.05) is 42.5 Å². The van der Waals surface area contributed by atoms with Gasteiger partial charge in [0.15, 0.2) is 0 Å². The summed E-state index contributed by atoms with van der Waals surface area (Å²) in [5.74, 6) is 0. The Kier molecular flexibility index (Phi) is 3.20. The summed E-state index contributed by atoms with van der Waals surface area (Å²) in [6.07, 6.45) is 0. The van der Waals surface area contributed by atoms with Crippen LogP contribution in [0, 0.1) is 0 Å². The highest BCUT2D eigenvalue weighted by Crippen LogP contribution is 2.19. The largest absolute Gasteiger partial charge is 0.285 e. The molecule has 0 aliphatic carbocycles. The molecule has 0 radical (unpaired) electrons. The minimum absolute atomic E-state index is 0.0419. The average molecular weight is 254 g/mol. The minimum atomic E-state index is -3.56. The molecule has 1 atom stereocenters. The van der Waals surface area contributed by atoms with Crippen LogP contribution in [-0.4, -0.2) is 8.76 Å². The zero-order valence-corrected chi connectivity index (χ0v) is 9.96. The molecule has 0 saturated heterocycles. The molecule has 0 heterocycles. The van der Waals surface area contributed by atoms with Crippen LogP contribution in [0.4, 0.5) is 0 Å². The van der Waals surface area contributed by atoms with Crippen LogP contribution in [-0.2, 0) is 31.0 Å². The van der Waals surface area contributed by atoms with Crippen LogP contribution in [0.3, 0.4) is 0 Å². The van der Waals surface area contributed by atoms with Crippen LogP contribution in [0.25, 0.3) is 10.8 Å². The quantitative estimate of drug-likeness (QED) is 0.914. The summed E-state index contributed by atoms with van der Waals surface area (Å²) in [4.78, 5) is 0. The number of hydrogen-bond acceptors (Lipinski definition) is 3. The molecule has 0 fully saturated rings. The third-order valence-corrected chi connectivity index (χ3v) is 2.95. The fourth-order valence-electron chi connectivity index (χ4n) is 1.56. The number of hydrogen-bond donors (Lipinski definition) is 1. The van der Waals surface area contributed by atoms with Gasteiger partial charge in [-0.05, 0) is 16.3 Å². The fourth-order valence-corrected chi connectivity index (χ4v) is 1.98. The Balaban J connectivity index is 2.38. The molecule has 0 saturated carbocycles. The van der Waals surface area contributed by atoms with E-state index >= 15 is 0 Å². The zero-order valence-electron chi connectivity index (χ0n) is 8.33. The Morgan fingerprint density at radius 1 is 1.19 bits per heavy atom. The molecule has 0 bridgehead atoms. The molecule has 2 rings (SSSR count). The van der Waals surface area contributed by atoms with Crippen molar-refractivity contribution in [1.29, 1.82) is 0 Å². The molecule has 0 aromatic heterocycles. The first-order chi connectivity index (χ1) is 7.56. The molecule has 2 aromatic rings. The van der Waals surface area contributed by atoms with Gasteiger partial charge >= 0.3 is 0 Å². The molecular weight excluding hydrogens is 244 g/mol. The van der Waals surface area contributed by atoms with Crippen molar-refractivity contribution < 1.29 is 12.9 Å². The maximum Gasteiger partial charge on any atom is 0.266 e. The molecule has 1 unspecified atom stereocenters. The van der Waals surface area contributed by atoms with Gasteiger partial charge in [-0.3, -0.25) is 8.74 Å². The second-order valence-corrected chi connectivity index (χ2v) is 5.68. The number of benzene rings is 2. The van der Waals surface area contributed by atoms with Crippen LogP contribution >= 0.6 is 0 Å². The van der Waals surface area contributed by atoms with E-state index in [-0.39, 0.29) is 6.61 Å². The predicted molar refractivity (Wildman–Crippen MR) is 66.9 cm³/mol. The predicted octanol–water partition coefficient (Wildman–Crippen LogP) is 2.49. The molecule has 84 valence electrons. The molecule has 0 amide bonds. The van der Waals surface area contributed by atoms with Crippen LogP contribution in [0.1, 0.15) is 5.56 Å². The molecular formula is C11H10O3S2. The van der Waals surface area contributed by atoms with Gasteiger partial charge in [0.25, 0.3) is 9.05 Å². The summed E-state index contributed by atoms with van der Waals surface area (Å²) >= 11 is 4.27. The van der Waals surface area contributed by atoms with Crippen molar-refractivity contribution in [2.24, 2.45) is 0 Å². The summed E-state index contributed by atoms with van der Waals surface area (Å²) in [6, 6.07) is 13.5. The van der Waals surface area contributed by atoms with Crippen LogP contribution < -0.4 is 0 Å². The van der Waals surface area contributed by atoms with Gasteiger partial charge in [0.2, 0.25) is 0 Å². The number of fused-ring (bicyclic) bond motifs is 1. The van der Waals surface area contributed by atoms with Crippen LogP contribution in [0.5, 0.6) is 0 Å². The molecule has 16 heavy (non-hydrogen) atoms. The van der Waals surface area contributed by atoms with E-state index in [1.54, 1.807) is 0 Å². The Morgan fingerprint density at radius 3 is 2.62 bits per heavy atom. The van der Waals surface area contributed by atoms with Gasteiger partial charge in [-0.25, -0.2) is 0 Å². The first-order valence-electron chi connectivity index (χ1n) is 4.65. The molecule has 1 N–H and O–H groups in total. The standard InChI is InChI=1S/C11H10O3S2/c12-16(13,15)14-8-10-6-3-5-9-4-1-2-7-11(9)10/h1-7H,8H2,(H,12,13,15). The topological polar surface area (TPSA) is 46.5 Å². The van der Waals surface area contributed by atoms with E-state index < -0.39 is 9.05 Å². The van der Waals surface area contributed by atoms with Crippen molar-refractivity contribution >= 4 is 31.0 Å². The van der Waals surface area contributed by atoms with E-state index in [1.165, 1.54) is 0 Å². The molecule has 2 aromatic carbocycles. The first kappa shape index (κ1) is 11.5. The van der Waals surface area contributed by atoms with Crippen LogP contribution in [0.2, 0.25) is 0 Å². The summed E-state index contributed by atoms with van der Waals surface area (Å²) in [6.45, 7) is 0.0419. The van der Waals surface area contributed by atoms with E-state index in [1.807, 2.05) is 42.5 Å². The highest BCUT2D eigenvalue weighted by molar-refractivity contribution is 8.27. The van der Waals surface area contributed by atoms with Crippen molar-refractivity contribution in [3.05, 3.63) is 48.0 Å². The lowest BCUT2D eigenvalue weighted by molar-refractivity contribution is 0.296. The molecule has 3 nitrogen and oxygen atoms in total. The van der Waals surface area contributed by atoms with E-state index in [0.29, 0.717) is 0 Å². The monoisotopic (exact) mass is 254 g/mol. The van der Waals surface area contributed by atoms with Gasteiger partial charge in [0, 0.05) is 11.2 Å². The Morgan fingerprint density at radius 2 is 1.88 bits per heavy atom. The minimum Gasteiger partial charge on any atom is -0.285 e. The van der Waals surface area contributed by atoms with E-state index in [2.05, 4.69) is 11.2 Å². The van der Waals surface area contributed by atoms with Gasteiger partial charge in [0.1, 0.15) is 0 Å². The first-order valence-corrected chi connectivity index (χ1v) is 7.01. The summed E-state index contributed by atoms with van der Waals surface area (Å²) in [7, 11) is -3.56. The number of rotatable bonds is 3. The third-order valence-electron chi connectivity index (χ3n) is 2.24. The van der Waals surface area contributed by atoms with Crippen molar-refractivity contribution in [2.45, 2.75) is 6.61 Å². The lowest BCUT2D eigenvalue weighted by Crippen LogP contribution is -2.02. The van der Waals surface area contributed by atoms with Crippen molar-refractivity contribution in [2.75, 3.05) is 0 Å². The SMILES string of the molecule is O=S(O)(=S)OCc1cccc2ccccc12. The summed E-state index contributed by atoms with van der Waals surface area (Å²) in [5, 5.41) is 2.07. The summed E-state index contributed by atoms with van der Waals surface area (Å²) < 4.78 is 24.4. The van der Waals surface area contributed by atoms with Crippen molar-refractivity contribution in [3.63, 3.8) is 0 Å². The van der Waals surface area contributed by atoms with E-state index in [4.69, 9.17) is 8.74 Å². The highest BCUT2D eigenvalue weighted by Gasteiger charge is 2.04. The average Bonchev–Trinajstić information content (AvgIpc) is 2.25. The second-order valence-electron chi connectivity index (χ2n) is 3.33. The Labute approximate surface area is 98.8 Å². The van der Waals surface area contributed by atoms with Gasteiger partial charge in [0.05, 0.1) is 6.61 Å². The normalized spacial score (nSPS) is 14.8. The molecule has 5 heteroatoms. The van der Waals surface area contributed by atoms with E-state index in [9.17, 15) is 4.21 Å². The molecule has 0 aliphatic heterocycles. The lowest BCUT2D eigenvalue weighted by atomic mass is 10.1. The smallest absolute Gasteiger partial charge is 0.266 e. The summed E-state index contributed by atoms with van der Waals surface area (Å²) in [5.41, 5.74) is 0.852. The van der Waals surface area contributed by atoms with Gasteiger partial charge < -0.3 is 0 Å². The van der Waals surface area contributed by atoms with Crippen molar-refractivity contribution in [1.82, 2.24) is 0 Å². The van der Waals surface area contributed by atoms with E-state index in [0.717, 1.165) is 16.3 Å². The maximum absolute atomic E-state index is 10.8. The zero-order chi connectivity index (χ0) is 11.6. The van der Waals surface area contributed by atoms with Gasteiger partial charge in [-0.15, -0.1) is 0 Å². The lowest BCUT2D eigenvalue weighted by Gasteiger charge is -2.06. The fraction of sp³-hybridized carbons (Fsp3) is 0.0909. The third kappa shape index (κ3) is 2.76. The highest BCUT2D eigenvalue weighted by atomic mass is 32.9. The van der Waals surface area contributed by atoms with Crippen molar-refractivity contribution in [3.8, 4) is 0 Å². The van der Waals surface area contributed by atoms with Gasteiger partial charge in [-0.2, -0.15) is 4.21 Å². The molecule has 0 aliphatic rings. The Bertz CT molecular complexity index is 600. The van der Waals surface area contributed by atoms with Crippen LogP contribution in [0.15, 0.2) is 42.5 Å². The molecule has 0 spiro atoms.